The van der Waals surface area contributed by atoms with Crippen LogP contribution in [-0.2, 0) is 10.7 Å². The van der Waals surface area contributed by atoms with Gasteiger partial charge in [0.2, 0.25) is 0 Å². The zero-order valence-corrected chi connectivity index (χ0v) is 9.17. The normalized spacial score (nSPS) is 10.5. The van der Waals surface area contributed by atoms with E-state index in [1.807, 2.05) is 0 Å². The van der Waals surface area contributed by atoms with Crippen molar-refractivity contribution in [2.45, 2.75) is 17.7 Å². The second kappa shape index (κ2) is 6.42. The summed E-state index contributed by atoms with van der Waals surface area (Å²) in [6.07, 6.45) is 1.64. The highest BCUT2D eigenvalue weighted by atomic mass is 32.2. The van der Waals surface area contributed by atoms with Crippen LogP contribution in [0.4, 0.5) is 5.69 Å². The van der Waals surface area contributed by atoms with Crippen LogP contribution in [0.1, 0.15) is 12.8 Å². The molecule has 0 spiro atoms. The molecule has 1 aromatic rings. The highest BCUT2D eigenvalue weighted by molar-refractivity contribution is 7.72. The van der Waals surface area contributed by atoms with Crippen LogP contribution in [0.2, 0.25) is 0 Å². The maximum Gasteiger partial charge on any atom is 0.168 e. The van der Waals surface area contributed by atoms with Crippen LogP contribution in [-0.4, -0.2) is 26.7 Å². The molecule has 2 N–H and O–H groups in total. The molecule has 1 aromatic carbocycles. The van der Waals surface area contributed by atoms with Gasteiger partial charge in [-0.25, -0.2) is 8.42 Å². The molecular formula is C10H14NO3S. The van der Waals surface area contributed by atoms with Crippen LogP contribution in [0.25, 0.3) is 0 Å². The Morgan fingerprint density at radius 3 is 2.67 bits per heavy atom. The minimum atomic E-state index is -2.52. The number of aliphatic hydroxyl groups excluding tert-OH is 1. The van der Waals surface area contributed by atoms with Crippen molar-refractivity contribution in [3.63, 3.8) is 0 Å². The van der Waals surface area contributed by atoms with E-state index in [1.165, 1.54) is 12.1 Å². The van der Waals surface area contributed by atoms with E-state index in [-0.39, 0.29) is 11.5 Å². The lowest BCUT2D eigenvalue weighted by Gasteiger charge is -2.04. The molecule has 0 bridgehead atoms. The van der Waals surface area contributed by atoms with Gasteiger partial charge in [0.05, 0.1) is 4.90 Å². The quantitative estimate of drug-likeness (QED) is 0.494. The Labute approximate surface area is 90.9 Å². The average molecular weight is 228 g/mol. The van der Waals surface area contributed by atoms with Gasteiger partial charge in [-0.1, -0.05) is 0 Å². The van der Waals surface area contributed by atoms with Gasteiger partial charge >= 0.3 is 0 Å². The molecule has 0 aliphatic carbocycles. The Hall–Kier alpha value is -1.07. The SMILES string of the molecule is O=[SH](=O)c1c[c]c(NCCCCO)cc1. The van der Waals surface area contributed by atoms with Gasteiger partial charge in [-0.3, -0.25) is 0 Å². The lowest BCUT2D eigenvalue weighted by Crippen LogP contribution is -2.02. The summed E-state index contributed by atoms with van der Waals surface area (Å²) >= 11 is 0. The lowest BCUT2D eigenvalue weighted by atomic mass is 10.3. The third kappa shape index (κ3) is 4.31. The molecule has 0 aromatic heterocycles. The molecule has 0 aliphatic heterocycles. The van der Waals surface area contributed by atoms with Gasteiger partial charge < -0.3 is 10.4 Å². The molecule has 0 saturated carbocycles. The van der Waals surface area contributed by atoms with Crippen molar-refractivity contribution < 1.29 is 13.5 Å². The summed E-state index contributed by atoms with van der Waals surface area (Å²) in [5.74, 6) is 0. The van der Waals surface area contributed by atoms with Gasteiger partial charge in [-0.2, -0.15) is 0 Å². The Morgan fingerprint density at radius 2 is 2.13 bits per heavy atom. The molecule has 5 heteroatoms. The summed E-state index contributed by atoms with van der Waals surface area (Å²) in [4.78, 5) is 0.269. The number of thiol groups is 1. The number of benzene rings is 1. The van der Waals surface area contributed by atoms with E-state index in [9.17, 15) is 8.42 Å². The first-order valence-electron chi connectivity index (χ1n) is 4.75. The summed E-state index contributed by atoms with van der Waals surface area (Å²) in [7, 11) is -2.52. The summed E-state index contributed by atoms with van der Waals surface area (Å²) in [6, 6.07) is 7.50. The number of unbranched alkanes of at least 4 members (excludes halogenated alkanes) is 1. The van der Waals surface area contributed by atoms with Crippen molar-refractivity contribution in [2.75, 3.05) is 18.5 Å². The Bertz CT molecular complexity index is 351. The van der Waals surface area contributed by atoms with Crippen LogP contribution < -0.4 is 5.32 Å². The lowest BCUT2D eigenvalue weighted by molar-refractivity contribution is 0.286. The standard InChI is InChI=1S/C10H14NO3S/c12-8-2-1-7-11-9-3-5-10(6-4-9)15(13)14/h3,5-6,11-12,15H,1-2,7-8H2. The summed E-state index contributed by atoms with van der Waals surface area (Å²) in [5, 5.41) is 11.6. The van der Waals surface area contributed by atoms with Crippen LogP contribution in [0.3, 0.4) is 0 Å². The summed E-state index contributed by atoms with van der Waals surface area (Å²) in [6.45, 7) is 0.945. The van der Waals surface area contributed by atoms with E-state index in [2.05, 4.69) is 11.4 Å². The molecule has 1 rings (SSSR count). The first-order chi connectivity index (χ1) is 7.24. The molecule has 0 amide bonds. The number of aliphatic hydroxyl groups is 1. The number of hydrogen-bond acceptors (Lipinski definition) is 4. The van der Waals surface area contributed by atoms with Gasteiger partial charge in [-0.15, -0.1) is 0 Å². The molecule has 0 saturated heterocycles. The monoisotopic (exact) mass is 228 g/mol. The maximum atomic E-state index is 10.6. The minimum Gasteiger partial charge on any atom is -0.396 e. The topological polar surface area (TPSA) is 66.4 Å². The van der Waals surface area contributed by atoms with Gasteiger partial charge in [0, 0.05) is 24.9 Å². The van der Waals surface area contributed by atoms with Crippen molar-refractivity contribution >= 4 is 16.4 Å². The zero-order chi connectivity index (χ0) is 11.1. The number of nitrogens with one attached hydrogen (secondary N) is 1. The van der Waals surface area contributed by atoms with E-state index in [1.54, 1.807) is 6.07 Å². The van der Waals surface area contributed by atoms with E-state index in [0.29, 0.717) is 0 Å². The van der Waals surface area contributed by atoms with Crippen molar-refractivity contribution in [1.82, 2.24) is 0 Å². The Balaban J connectivity index is 2.43. The number of anilines is 1. The smallest absolute Gasteiger partial charge is 0.168 e. The largest absolute Gasteiger partial charge is 0.396 e. The fraction of sp³-hybridized carbons (Fsp3) is 0.400. The molecule has 0 heterocycles. The third-order valence-corrected chi connectivity index (χ3v) is 2.61. The van der Waals surface area contributed by atoms with Crippen LogP contribution >= 0.6 is 0 Å². The van der Waals surface area contributed by atoms with Gasteiger partial charge in [0.15, 0.2) is 10.7 Å². The minimum absolute atomic E-state index is 0.195. The number of rotatable bonds is 6. The van der Waals surface area contributed by atoms with Crippen molar-refractivity contribution in [3.8, 4) is 0 Å². The first-order valence-corrected chi connectivity index (χ1v) is 5.92. The highest BCUT2D eigenvalue weighted by Gasteiger charge is 1.95. The van der Waals surface area contributed by atoms with E-state index < -0.39 is 10.7 Å². The highest BCUT2D eigenvalue weighted by Crippen LogP contribution is 2.09. The second-order valence-corrected chi connectivity index (χ2v) is 4.11. The van der Waals surface area contributed by atoms with Gasteiger partial charge in [0.1, 0.15) is 0 Å². The Kier molecular flexibility index (Phi) is 5.14. The van der Waals surface area contributed by atoms with Crippen molar-refractivity contribution in [2.24, 2.45) is 0 Å². The average Bonchev–Trinajstić information content (AvgIpc) is 2.25. The van der Waals surface area contributed by atoms with Gasteiger partial charge in [-0.05, 0) is 31.0 Å². The van der Waals surface area contributed by atoms with Crippen LogP contribution in [0.5, 0.6) is 0 Å². The predicted molar refractivity (Wildman–Crippen MR) is 58.7 cm³/mol. The Morgan fingerprint density at radius 1 is 1.33 bits per heavy atom. The van der Waals surface area contributed by atoms with E-state index in [0.717, 1.165) is 25.1 Å². The van der Waals surface area contributed by atoms with E-state index in [4.69, 9.17) is 5.11 Å². The maximum absolute atomic E-state index is 10.6. The van der Waals surface area contributed by atoms with Crippen molar-refractivity contribution in [1.29, 1.82) is 0 Å². The van der Waals surface area contributed by atoms with E-state index >= 15 is 0 Å². The summed E-state index contributed by atoms with van der Waals surface area (Å²) in [5.41, 5.74) is 0.772. The molecule has 4 nitrogen and oxygen atoms in total. The first kappa shape index (κ1) is 12.0. The molecule has 1 radical (unpaired) electrons. The molecule has 0 unspecified atom stereocenters. The summed E-state index contributed by atoms with van der Waals surface area (Å²) < 4.78 is 21.2. The van der Waals surface area contributed by atoms with Crippen LogP contribution in [0.15, 0.2) is 23.1 Å². The third-order valence-electron chi connectivity index (χ3n) is 1.91. The molecule has 15 heavy (non-hydrogen) atoms. The van der Waals surface area contributed by atoms with Gasteiger partial charge in [0.25, 0.3) is 0 Å². The molecule has 0 fully saturated rings. The molecule has 0 aliphatic rings. The number of hydrogen-bond donors (Lipinski definition) is 3. The molecule has 83 valence electrons. The molecule has 0 atom stereocenters. The van der Waals surface area contributed by atoms with Crippen LogP contribution in [0, 0.1) is 6.07 Å². The second-order valence-electron chi connectivity index (χ2n) is 3.08. The fourth-order valence-corrected chi connectivity index (χ4v) is 1.47. The van der Waals surface area contributed by atoms with Crippen molar-refractivity contribution in [3.05, 3.63) is 24.3 Å². The fourth-order valence-electron chi connectivity index (χ4n) is 1.10. The molecular weight excluding hydrogens is 214 g/mol. The zero-order valence-electron chi connectivity index (χ0n) is 8.27. The predicted octanol–water partition coefficient (Wildman–Crippen LogP) is 0.641.